The van der Waals surface area contributed by atoms with Crippen LogP contribution in [-0.2, 0) is 4.79 Å². The first-order valence-corrected chi connectivity index (χ1v) is 8.16. The molecule has 22 heavy (non-hydrogen) atoms. The number of fused-ring (bicyclic) bond motifs is 1. The molecule has 4 rings (SSSR count). The molecule has 0 radical (unpaired) electrons. The minimum atomic E-state index is -0.173. The van der Waals surface area contributed by atoms with Crippen LogP contribution in [0.3, 0.4) is 0 Å². The van der Waals surface area contributed by atoms with Crippen molar-refractivity contribution < 1.29 is 4.79 Å². The van der Waals surface area contributed by atoms with Gasteiger partial charge in [0, 0.05) is 18.4 Å². The molecule has 2 aromatic heterocycles. The third-order valence-electron chi connectivity index (χ3n) is 3.95. The number of carbonyl (C=O) groups excluding carboxylic acids is 1. The van der Waals surface area contributed by atoms with Gasteiger partial charge >= 0.3 is 0 Å². The van der Waals surface area contributed by atoms with Crippen molar-refractivity contribution in [2.24, 2.45) is 0 Å². The summed E-state index contributed by atoms with van der Waals surface area (Å²) in [6, 6.07) is 13.6. The molecule has 1 amide bonds. The van der Waals surface area contributed by atoms with Crippen LogP contribution >= 0.6 is 11.3 Å². The number of anilines is 2. The number of thiophene rings is 1. The van der Waals surface area contributed by atoms with E-state index in [0.29, 0.717) is 0 Å². The summed E-state index contributed by atoms with van der Waals surface area (Å²) in [5.74, 6) is 0.132. The Balaban J connectivity index is 1.57. The minimum absolute atomic E-state index is 0.132. The highest BCUT2D eigenvalue weighted by Gasteiger charge is 2.32. The van der Waals surface area contributed by atoms with Gasteiger partial charge < -0.3 is 10.2 Å². The maximum atomic E-state index is 12.6. The van der Waals surface area contributed by atoms with Gasteiger partial charge in [0.2, 0.25) is 5.91 Å². The van der Waals surface area contributed by atoms with E-state index in [1.54, 1.807) is 17.5 Å². The second kappa shape index (κ2) is 5.42. The molecule has 1 atom stereocenters. The number of hydrogen-bond donors (Lipinski definition) is 1. The lowest BCUT2D eigenvalue weighted by Gasteiger charge is -2.17. The zero-order chi connectivity index (χ0) is 14.9. The lowest BCUT2D eigenvalue weighted by atomic mass is 10.2. The molecule has 3 heterocycles. The molecule has 1 unspecified atom stereocenters. The van der Waals surface area contributed by atoms with Crippen LogP contribution in [0.15, 0.2) is 54.0 Å². The highest BCUT2D eigenvalue weighted by Crippen LogP contribution is 2.29. The first-order valence-electron chi connectivity index (χ1n) is 7.28. The predicted molar refractivity (Wildman–Crippen MR) is 90.4 cm³/mol. The zero-order valence-corrected chi connectivity index (χ0v) is 12.7. The van der Waals surface area contributed by atoms with Crippen molar-refractivity contribution in [3.63, 3.8) is 0 Å². The van der Waals surface area contributed by atoms with Crippen LogP contribution in [-0.4, -0.2) is 23.5 Å². The molecule has 1 N–H and O–H groups in total. The van der Waals surface area contributed by atoms with Gasteiger partial charge in [0.25, 0.3) is 0 Å². The topological polar surface area (TPSA) is 45.2 Å². The Hall–Kier alpha value is -2.40. The van der Waals surface area contributed by atoms with Gasteiger partial charge in [0.15, 0.2) is 0 Å². The second-order valence-electron chi connectivity index (χ2n) is 5.30. The van der Waals surface area contributed by atoms with E-state index < -0.39 is 0 Å². The number of nitrogens with one attached hydrogen (secondary N) is 1. The van der Waals surface area contributed by atoms with Gasteiger partial charge in [-0.15, -0.1) is 11.3 Å². The number of benzene rings is 1. The first kappa shape index (κ1) is 13.3. The molecule has 0 saturated carbocycles. The Morgan fingerprint density at radius 3 is 2.91 bits per heavy atom. The summed E-state index contributed by atoms with van der Waals surface area (Å²) in [6.45, 7) is 0.749. The third kappa shape index (κ3) is 2.23. The number of aromatic nitrogens is 1. The van der Waals surface area contributed by atoms with Crippen molar-refractivity contribution in [2.45, 2.75) is 12.5 Å². The Morgan fingerprint density at radius 1 is 1.18 bits per heavy atom. The van der Waals surface area contributed by atoms with Crippen LogP contribution in [0.25, 0.3) is 10.2 Å². The second-order valence-corrected chi connectivity index (χ2v) is 6.22. The number of amides is 1. The number of pyridine rings is 1. The van der Waals surface area contributed by atoms with Crippen LogP contribution in [0, 0.1) is 0 Å². The molecule has 4 nitrogen and oxygen atoms in total. The highest BCUT2D eigenvalue weighted by molar-refractivity contribution is 7.17. The standard InChI is InChI=1S/C17H15N3OS/c21-17-15(7-10-20(17)12-4-2-1-3-5-12)19-14-6-9-18-13-8-11-22-16(13)14/h1-6,8-9,11,15H,7,10H2,(H,18,19). The molecule has 1 fully saturated rings. The lowest BCUT2D eigenvalue weighted by Crippen LogP contribution is -2.33. The van der Waals surface area contributed by atoms with Gasteiger partial charge in [-0.05, 0) is 36.1 Å². The van der Waals surface area contributed by atoms with E-state index in [2.05, 4.69) is 10.3 Å². The Labute approximate surface area is 132 Å². The van der Waals surface area contributed by atoms with Crippen LogP contribution < -0.4 is 10.2 Å². The molecular formula is C17H15N3OS. The molecule has 1 saturated heterocycles. The van der Waals surface area contributed by atoms with Gasteiger partial charge in [-0.25, -0.2) is 0 Å². The molecule has 1 aliphatic rings. The molecule has 0 spiro atoms. The first-order chi connectivity index (χ1) is 10.8. The third-order valence-corrected chi connectivity index (χ3v) is 4.88. The summed E-state index contributed by atoms with van der Waals surface area (Å²) in [7, 11) is 0. The zero-order valence-electron chi connectivity index (χ0n) is 11.9. The molecule has 3 aromatic rings. The smallest absolute Gasteiger partial charge is 0.249 e. The predicted octanol–water partition coefficient (Wildman–Crippen LogP) is 3.51. The van der Waals surface area contributed by atoms with Crippen LogP contribution in [0.2, 0.25) is 0 Å². The number of nitrogens with zero attached hydrogens (tertiary/aromatic N) is 2. The molecular weight excluding hydrogens is 294 g/mol. The Morgan fingerprint density at radius 2 is 2.05 bits per heavy atom. The fraction of sp³-hybridized carbons (Fsp3) is 0.176. The largest absolute Gasteiger partial charge is 0.372 e. The monoisotopic (exact) mass is 309 g/mol. The fourth-order valence-corrected chi connectivity index (χ4v) is 3.68. The maximum Gasteiger partial charge on any atom is 0.249 e. The van der Waals surface area contributed by atoms with Crippen LogP contribution in [0.1, 0.15) is 6.42 Å². The molecule has 110 valence electrons. The maximum absolute atomic E-state index is 12.6. The summed E-state index contributed by atoms with van der Waals surface area (Å²) >= 11 is 1.65. The van der Waals surface area contributed by atoms with Gasteiger partial charge in [0.05, 0.1) is 15.9 Å². The summed E-state index contributed by atoms with van der Waals surface area (Å²) in [6.07, 6.45) is 2.59. The van der Waals surface area contributed by atoms with Gasteiger partial charge in [-0.1, -0.05) is 18.2 Å². The summed E-state index contributed by atoms with van der Waals surface area (Å²) < 4.78 is 1.11. The van der Waals surface area contributed by atoms with Gasteiger partial charge in [0.1, 0.15) is 6.04 Å². The van der Waals surface area contributed by atoms with E-state index in [1.807, 2.05) is 52.7 Å². The van der Waals surface area contributed by atoms with E-state index in [0.717, 1.165) is 34.6 Å². The van der Waals surface area contributed by atoms with Crippen molar-refractivity contribution in [2.75, 3.05) is 16.8 Å². The highest BCUT2D eigenvalue weighted by atomic mass is 32.1. The molecule has 5 heteroatoms. The number of hydrogen-bond acceptors (Lipinski definition) is 4. The Bertz CT molecular complexity index is 815. The van der Waals surface area contributed by atoms with Gasteiger partial charge in [-0.2, -0.15) is 0 Å². The fourth-order valence-electron chi connectivity index (χ4n) is 2.85. The summed E-state index contributed by atoms with van der Waals surface area (Å²) in [5.41, 5.74) is 2.93. The summed E-state index contributed by atoms with van der Waals surface area (Å²) in [4.78, 5) is 18.8. The quantitative estimate of drug-likeness (QED) is 0.805. The molecule has 0 bridgehead atoms. The van der Waals surface area contributed by atoms with Crippen LogP contribution in [0.4, 0.5) is 11.4 Å². The average Bonchev–Trinajstić information content (AvgIpc) is 3.16. The molecule has 1 aromatic carbocycles. The van der Waals surface area contributed by atoms with E-state index in [1.165, 1.54) is 0 Å². The van der Waals surface area contributed by atoms with E-state index in [-0.39, 0.29) is 11.9 Å². The average molecular weight is 309 g/mol. The molecule has 1 aliphatic heterocycles. The van der Waals surface area contributed by atoms with E-state index in [9.17, 15) is 4.79 Å². The summed E-state index contributed by atoms with van der Waals surface area (Å²) in [5, 5.41) is 5.42. The number of para-hydroxylation sites is 1. The SMILES string of the molecule is O=C1C(Nc2ccnc3ccsc23)CCN1c1ccccc1. The normalized spacial score (nSPS) is 18.1. The molecule has 0 aliphatic carbocycles. The van der Waals surface area contributed by atoms with Crippen molar-refractivity contribution in [3.8, 4) is 0 Å². The van der Waals surface area contributed by atoms with Crippen molar-refractivity contribution in [1.29, 1.82) is 0 Å². The van der Waals surface area contributed by atoms with Gasteiger partial charge in [-0.3, -0.25) is 9.78 Å². The minimum Gasteiger partial charge on any atom is -0.372 e. The Kier molecular flexibility index (Phi) is 3.27. The van der Waals surface area contributed by atoms with E-state index in [4.69, 9.17) is 0 Å². The lowest BCUT2D eigenvalue weighted by molar-refractivity contribution is -0.117. The van der Waals surface area contributed by atoms with Crippen molar-refractivity contribution in [1.82, 2.24) is 4.98 Å². The van der Waals surface area contributed by atoms with Crippen molar-refractivity contribution >= 4 is 38.8 Å². The number of carbonyl (C=O) groups is 1. The van der Waals surface area contributed by atoms with Crippen LogP contribution in [0.5, 0.6) is 0 Å². The van der Waals surface area contributed by atoms with Crippen molar-refractivity contribution in [3.05, 3.63) is 54.0 Å². The number of rotatable bonds is 3. The van der Waals surface area contributed by atoms with E-state index >= 15 is 0 Å².